The predicted molar refractivity (Wildman–Crippen MR) is 180 cm³/mol. The van der Waals surface area contributed by atoms with Crippen molar-refractivity contribution in [1.29, 1.82) is 0 Å². The Morgan fingerprint density at radius 3 is 2.00 bits per heavy atom. The van der Waals surface area contributed by atoms with Crippen LogP contribution in [0.15, 0.2) is 136 Å². The average molecular weight is 659 g/mol. The normalized spacial score (nSPS) is 11.8. The predicted octanol–water partition coefficient (Wildman–Crippen LogP) is 12.0. The maximum atomic E-state index is 3.81. The van der Waals surface area contributed by atoms with Crippen LogP contribution in [0.3, 0.4) is 0 Å². The second-order valence-corrected chi connectivity index (χ2v) is 12.9. The van der Waals surface area contributed by atoms with Gasteiger partial charge in [-0.15, -0.1) is 11.3 Å². The van der Waals surface area contributed by atoms with Crippen LogP contribution in [0.25, 0.3) is 69.9 Å². The minimum atomic E-state index is 1.09. The third-order valence-electron chi connectivity index (χ3n) is 7.73. The molecule has 2 aromatic heterocycles. The van der Waals surface area contributed by atoms with Gasteiger partial charge in [0.15, 0.2) is 0 Å². The van der Waals surface area contributed by atoms with Gasteiger partial charge in [0.2, 0.25) is 0 Å². The minimum absolute atomic E-state index is 1.09. The van der Waals surface area contributed by atoms with E-state index in [1.165, 1.54) is 64.2 Å². The fourth-order valence-corrected chi connectivity index (χ4v) is 8.74. The van der Waals surface area contributed by atoms with Crippen LogP contribution >= 0.6 is 43.2 Å². The fourth-order valence-electron chi connectivity index (χ4n) is 5.87. The van der Waals surface area contributed by atoms with E-state index >= 15 is 0 Å². The molecule has 2 heterocycles. The lowest BCUT2D eigenvalue weighted by molar-refractivity contribution is 1.18. The number of hydrogen-bond donors (Lipinski definition) is 0. The molecule has 8 aromatic rings. The first-order valence-electron chi connectivity index (χ1n) is 13.1. The molecule has 0 aliphatic rings. The van der Waals surface area contributed by atoms with E-state index in [2.05, 4.69) is 164 Å². The lowest BCUT2D eigenvalue weighted by Crippen LogP contribution is -1.94. The van der Waals surface area contributed by atoms with Crippen LogP contribution in [0.5, 0.6) is 0 Å². The number of fused-ring (bicyclic) bond motifs is 6. The van der Waals surface area contributed by atoms with Gasteiger partial charge >= 0.3 is 0 Å². The van der Waals surface area contributed by atoms with E-state index < -0.39 is 0 Å². The summed E-state index contributed by atoms with van der Waals surface area (Å²) in [7, 11) is 0. The molecule has 8 rings (SSSR count). The van der Waals surface area contributed by atoms with Crippen molar-refractivity contribution in [1.82, 2.24) is 4.57 Å². The van der Waals surface area contributed by atoms with Crippen molar-refractivity contribution in [3.05, 3.63) is 136 Å². The number of rotatable bonds is 3. The highest BCUT2D eigenvalue weighted by molar-refractivity contribution is 9.11. The Morgan fingerprint density at radius 2 is 1.15 bits per heavy atom. The van der Waals surface area contributed by atoms with E-state index in [4.69, 9.17) is 0 Å². The maximum absolute atomic E-state index is 3.81. The van der Waals surface area contributed by atoms with Crippen LogP contribution in [0.1, 0.15) is 0 Å². The van der Waals surface area contributed by atoms with Crippen molar-refractivity contribution < 1.29 is 0 Å². The smallest absolute Gasteiger partial charge is 0.0547 e. The van der Waals surface area contributed by atoms with E-state index in [0.29, 0.717) is 0 Å². The van der Waals surface area contributed by atoms with Crippen molar-refractivity contribution >= 4 is 85.2 Å². The number of halogens is 2. The van der Waals surface area contributed by atoms with Gasteiger partial charge in [-0.1, -0.05) is 111 Å². The van der Waals surface area contributed by atoms with Crippen LogP contribution in [-0.2, 0) is 0 Å². The Kier molecular flexibility index (Phi) is 5.70. The van der Waals surface area contributed by atoms with Gasteiger partial charge in [0, 0.05) is 45.6 Å². The van der Waals surface area contributed by atoms with Crippen molar-refractivity contribution in [2.45, 2.75) is 0 Å². The maximum Gasteiger partial charge on any atom is 0.0547 e. The number of benzene rings is 6. The molecule has 0 fully saturated rings. The molecule has 0 radical (unpaired) electrons. The molecule has 40 heavy (non-hydrogen) atoms. The topological polar surface area (TPSA) is 4.93 Å². The molecule has 0 saturated carbocycles. The Morgan fingerprint density at radius 1 is 0.475 bits per heavy atom. The lowest BCUT2D eigenvalue weighted by atomic mass is 10.0. The molecule has 0 aliphatic carbocycles. The highest BCUT2D eigenvalue weighted by Gasteiger charge is 2.15. The van der Waals surface area contributed by atoms with Crippen molar-refractivity contribution in [2.75, 3.05) is 0 Å². The molecule has 0 saturated heterocycles. The molecule has 0 aliphatic heterocycles. The third-order valence-corrected chi connectivity index (χ3v) is 9.93. The summed E-state index contributed by atoms with van der Waals surface area (Å²) in [6.45, 7) is 0. The summed E-state index contributed by atoms with van der Waals surface area (Å²) < 4.78 is 7.19. The molecule has 190 valence electrons. The van der Waals surface area contributed by atoms with Gasteiger partial charge < -0.3 is 4.57 Å². The van der Waals surface area contributed by atoms with Gasteiger partial charge in [-0.05, 0) is 70.8 Å². The highest BCUT2D eigenvalue weighted by atomic mass is 79.9. The molecule has 6 aromatic carbocycles. The van der Waals surface area contributed by atoms with Crippen LogP contribution in [0.2, 0.25) is 0 Å². The molecular formula is C36H21Br2NS. The molecule has 0 unspecified atom stereocenters. The molecule has 0 N–H and O–H groups in total. The minimum Gasteiger partial charge on any atom is -0.309 e. The first-order valence-corrected chi connectivity index (χ1v) is 15.5. The molecule has 0 amide bonds. The van der Waals surface area contributed by atoms with E-state index in [0.717, 1.165) is 14.6 Å². The van der Waals surface area contributed by atoms with Gasteiger partial charge in [-0.3, -0.25) is 0 Å². The largest absolute Gasteiger partial charge is 0.309 e. The summed E-state index contributed by atoms with van der Waals surface area (Å²) in [5.41, 5.74) is 8.49. The van der Waals surface area contributed by atoms with Crippen molar-refractivity contribution in [3.63, 3.8) is 0 Å². The standard InChI is InChI=1S/C36H21Br2NS/c37-26-20-31(38)36-30-18-24(13-17-34(30)40-35(36)21-26)25-12-16-29-28-8-4-5-9-32(28)39(33(29)19-25)27-14-10-23(11-15-27)22-6-2-1-3-7-22/h1-21H. The molecular weight excluding hydrogens is 638 g/mol. The lowest BCUT2D eigenvalue weighted by Gasteiger charge is -2.10. The zero-order valence-corrected chi connectivity index (χ0v) is 25.2. The van der Waals surface area contributed by atoms with Crippen molar-refractivity contribution in [3.8, 4) is 27.9 Å². The Hall–Kier alpha value is -3.70. The molecule has 0 spiro atoms. The number of hydrogen-bond acceptors (Lipinski definition) is 1. The molecule has 1 nitrogen and oxygen atoms in total. The molecule has 0 atom stereocenters. The van der Waals surface area contributed by atoms with Gasteiger partial charge in [0.25, 0.3) is 0 Å². The number of aromatic nitrogens is 1. The summed E-state index contributed by atoms with van der Waals surface area (Å²) in [6, 6.07) is 46.3. The quantitative estimate of drug-likeness (QED) is 0.178. The van der Waals surface area contributed by atoms with Crippen molar-refractivity contribution in [2.24, 2.45) is 0 Å². The first-order chi connectivity index (χ1) is 19.6. The van der Waals surface area contributed by atoms with Gasteiger partial charge in [-0.2, -0.15) is 0 Å². The average Bonchev–Trinajstić information content (AvgIpc) is 3.52. The van der Waals surface area contributed by atoms with Gasteiger partial charge in [0.05, 0.1) is 11.0 Å². The van der Waals surface area contributed by atoms with Crippen LogP contribution in [0, 0.1) is 0 Å². The summed E-state index contributed by atoms with van der Waals surface area (Å²) in [5.74, 6) is 0. The summed E-state index contributed by atoms with van der Waals surface area (Å²) in [4.78, 5) is 0. The van der Waals surface area contributed by atoms with Crippen LogP contribution < -0.4 is 0 Å². The Labute approximate surface area is 252 Å². The van der Waals surface area contributed by atoms with Gasteiger partial charge in [0.1, 0.15) is 0 Å². The number of thiophene rings is 1. The van der Waals surface area contributed by atoms with Crippen LogP contribution in [-0.4, -0.2) is 4.57 Å². The SMILES string of the molecule is Brc1cc(Br)c2c(c1)sc1ccc(-c3ccc4c5ccccc5n(-c5ccc(-c6ccccc6)cc5)c4c3)cc12. The Balaban J connectivity index is 1.32. The van der Waals surface area contributed by atoms with E-state index in [1.807, 2.05) is 11.3 Å². The Bertz CT molecular complexity index is 2220. The van der Waals surface area contributed by atoms with E-state index in [-0.39, 0.29) is 0 Å². The zero-order valence-electron chi connectivity index (χ0n) is 21.2. The van der Waals surface area contributed by atoms with Gasteiger partial charge in [-0.25, -0.2) is 0 Å². The number of para-hydroxylation sites is 1. The fraction of sp³-hybridized carbons (Fsp3) is 0. The summed E-state index contributed by atoms with van der Waals surface area (Å²) >= 11 is 9.29. The third kappa shape index (κ3) is 3.86. The first kappa shape index (κ1) is 24.1. The second kappa shape index (κ2) is 9.45. The van der Waals surface area contributed by atoms with E-state index in [1.54, 1.807) is 0 Å². The monoisotopic (exact) mass is 657 g/mol. The second-order valence-electron chi connectivity index (χ2n) is 10.1. The van der Waals surface area contributed by atoms with E-state index in [9.17, 15) is 0 Å². The van der Waals surface area contributed by atoms with Crippen LogP contribution in [0.4, 0.5) is 0 Å². The summed E-state index contributed by atoms with van der Waals surface area (Å²) in [6.07, 6.45) is 0. The summed E-state index contributed by atoms with van der Waals surface area (Å²) in [5, 5.41) is 5.10. The molecule has 4 heteroatoms. The molecule has 0 bridgehead atoms. The number of nitrogens with zero attached hydrogens (tertiary/aromatic N) is 1. The highest BCUT2D eigenvalue weighted by Crippen LogP contribution is 2.42. The zero-order chi connectivity index (χ0) is 26.8.